The number of anilines is 1. The number of nitrogens with zero attached hydrogens (tertiary/aromatic N) is 2. The fraction of sp³-hybridized carbons (Fsp3) is 0.263. The molecule has 0 spiro atoms. The van der Waals surface area contributed by atoms with Crippen LogP contribution >= 0.6 is 11.6 Å². The highest BCUT2D eigenvalue weighted by Gasteiger charge is 2.25. The smallest absolute Gasteiger partial charge is 0.338 e. The van der Waals surface area contributed by atoms with Gasteiger partial charge < -0.3 is 9.64 Å². The van der Waals surface area contributed by atoms with Crippen LogP contribution < -0.4 is 4.90 Å². The van der Waals surface area contributed by atoms with E-state index in [1.54, 1.807) is 24.0 Å². The zero-order valence-corrected chi connectivity index (χ0v) is 15.3. The SMILES string of the molecule is C[C@@H](OC(=O)c1ccc(Cl)c(N2CCCC2=O)c1)c1cccc([N+](=O)[O-])c1. The molecule has 140 valence electrons. The number of non-ortho nitro benzene ring substituents is 1. The van der Waals surface area contributed by atoms with Gasteiger partial charge in [-0.15, -0.1) is 0 Å². The van der Waals surface area contributed by atoms with Crippen LogP contribution in [-0.4, -0.2) is 23.3 Å². The predicted molar refractivity (Wildman–Crippen MR) is 100.0 cm³/mol. The Labute approximate surface area is 160 Å². The minimum atomic E-state index is -0.676. The zero-order chi connectivity index (χ0) is 19.6. The van der Waals surface area contributed by atoms with E-state index in [2.05, 4.69) is 0 Å². The molecule has 0 aromatic heterocycles. The number of ether oxygens (including phenoxy) is 1. The second-order valence-electron chi connectivity index (χ2n) is 6.21. The van der Waals surface area contributed by atoms with Crippen molar-refractivity contribution in [2.24, 2.45) is 0 Å². The molecule has 0 saturated carbocycles. The zero-order valence-electron chi connectivity index (χ0n) is 14.6. The maximum atomic E-state index is 12.5. The summed E-state index contributed by atoms with van der Waals surface area (Å²) >= 11 is 6.19. The van der Waals surface area contributed by atoms with Crippen molar-refractivity contribution in [3.8, 4) is 0 Å². The van der Waals surface area contributed by atoms with Gasteiger partial charge in [0.15, 0.2) is 0 Å². The first-order valence-corrected chi connectivity index (χ1v) is 8.80. The van der Waals surface area contributed by atoms with E-state index in [0.717, 1.165) is 6.42 Å². The number of nitro groups is 1. The Morgan fingerprint density at radius 1 is 1.30 bits per heavy atom. The molecule has 3 rings (SSSR count). The number of benzene rings is 2. The number of halogens is 1. The van der Waals surface area contributed by atoms with Gasteiger partial charge in [0.25, 0.3) is 5.69 Å². The molecule has 0 N–H and O–H groups in total. The van der Waals surface area contributed by atoms with Gasteiger partial charge in [-0.3, -0.25) is 14.9 Å². The van der Waals surface area contributed by atoms with Crippen LogP contribution in [0.5, 0.6) is 0 Å². The molecule has 0 unspecified atom stereocenters. The molecule has 0 aliphatic carbocycles. The van der Waals surface area contributed by atoms with E-state index < -0.39 is 17.0 Å². The molecule has 1 aliphatic rings. The minimum Gasteiger partial charge on any atom is -0.454 e. The van der Waals surface area contributed by atoms with Crippen LogP contribution in [0.4, 0.5) is 11.4 Å². The highest BCUT2D eigenvalue weighted by molar-refractivity contribution is 6.34. The molecule has 7 nitrogen and oxygen atoms in total. The maximum absolute atomic E-state index is 12.5. The summed E-state index contributed by atoms with van der Waals surface area (Å²) in [7, 11) is 0. The summed E-state index contributed by atoms with van der Waals surface area (Å²) in [6.07, 6.45) is 0.521. The second-order valence-corrected chi connectivity index (χ2v) is 6.62. The summed E-state index contributed by atoms with van der Waals surface area (Å²) in [4.78, 5) is 36.4. The fourth-order valence-corrected chi connectivity index (χ4v) is 3.16. The molecule has 1 amide bonds. The van der Waals surface area contributed by atoms with Crippen molar-refractivity contribution in [1.82, 2.24) is 0 Å². The fourth-order valence-electron chi connectivity index (χ4n) is 2.94. The molecular formula is C19H17ClN2O5. The second kappa shape index (κ2) is 7.75. The van der Waals surface area contributed by atoms with Crippen LogP contribution in [0.1, 0.15) is 41.8 Å². The third-order valence-corrected chi connectivity index (χ3v) is 4.70. The predicted octanol–water partition coefficient (Wildman–Crippen LogP) is 4.29. The Morgan fingerprint density at radius 3 is 2.74 bits per heavy atom. The number of hydrogen-bond donors (Lipinski definition) is 0. The molecule has 1 heterocycles. The first-order valence-electron chi connectivity index (χ1n) is 8.42. The average molecular weight is 389 g/mol. The highest BCUT2D eigenvalue weighted by Crippen LogP contribution is 2.31. The van der Waals surface area contributed by atoms with Gasteiger partial charge in [0, 0.05) is 25.1 Å². The van der Waals surface area contributed by atoms with Gasteiger partial charge in [0.05, 0.1) is 21.2 Å². The molecule has 8 heteroatoms. The van der Waals surface area contributed by atoms with Crippen LogP contribution in [0.15, 0.2) is 42.5 Å². The van der Waals surface area contributed by atoms with E-state index in [4.69, 9.17) is 16.3 Å². The van der Waals surface area contributed by atoms with Crippen LogP contribution in [0, 0.1) is 10.1 Å². The third-order valence-electron chi connectivity index (χ3n) is 4.38. The number of hydrogen-bond acceptors (Lipinski definition) is 5. The summed E-state index contributed by atoms with van der Waals surface area (Å²) < 4.78 is 5.43. The normalized spacial score (nSPS) is 14.9. The summed E-state index contributed by atoms with van der Waals surface area (Å²) in [5.41, 5.74) is 1.18. The largest absolute Gasteiger partial charge is 0.454 e. The molecular weight excluding hydrogens is 372 g/mol. The number of rotatable bonds is 5. The Bertz CT molecular complexity index is 915. The summed E-state index contributed by atoms with van der Waals surface area (Å²) in [6.45, 7) is 2.19. The number of carbonyl (C=O) groups excluding carboxylic acids is 2. The van der Waals surface area contributed by atoms with E-state index in [1.165, 1.54) is 30.3 Å². The monoisotopic (exact) mass is 388 g/mol. The first kappa shape index (κ1) is 18.8. The average Bonchev–Trinajstić information content (AvgIpc) is 3.07. The van der Waals surface area contributed by atoms with Crippen molar-refractivity contribution in [2.45, 2.75) is 25.9 Å². The van der Waals surface area contributed by atoms with Crippen LogP contribution in [0.25, 0.3) is 0 Å². The molecule has 0 radical (unpaired) electrons. The quantitative estimate of drug-likeness (QED) is 0.433. The van der Waals surface area contributed by atoms with Gasteiger partial charge in [-0.1, -0.05) is 23.7 Å². The molecule has 2 aromatic carbocycles. The summed E-state index contributed by atoms with van der Waals surface area (Å²) in [5.74, 6) is -0.633. The number of carbonyl (C=O) groups is 2. The minimum absolute atomic E-state index is 0.0348. The molecule has 1 atom stereocenters. The van der Waals surface area contributed by atoms with Crippen molar-refractivity contribution in [3.05, 3.63) is 68.7 Å². The topological polar surface area (TPSA) is 89.8 Å². The van der Waals surface area contributed by atoms with Crippen LogP contribution in [0.3, 0.4) is 0 Å². The van der Waals surface area contributed by atoms with Crippen molar-refractivity contribution >= 4 is 34.9 Å². The Morgan fingerprint density at radius 2 is 2.07 bits per heavy atom. The Kier molecular flexibility index (Phi) is 5.41. The summed E-state index contributed by atoms with van der Waals surface area (Å²) in [6, 6.07) is 10.5. The van der Waals surface area contributed by atoms with Gasteiger partial charge in [0.2, 0.25) is 5.91 Å². The van der Waals surface area contributed by atoms with Crippen molar-refractivity contribution < 1.29 is 19.2 Å². The van der Waals surface area contributed by atoms with Crippen molar-refractivity contribution in [1.29, 1.82) is 0 Å². The molecule has 1 saturated heterocycles. The number of amides is 1. The van der Waals surface area contributed by atoms with Crippen LogP contribution in [-0.2, 0) is 9.53 Å². The van der Waals surface area contributed by atoms with Crippen molar-refractivity contribution in [3.63, 3.8) is 0 Å². The first-order chi connectivity index (χ1) is 12.9. The number of esters is 1. The lowest BCUT2D eigenvalue weighted by Crippen LogP contribution is -2.24. The standard InChI is InChI=1S/C19H17ClN2O5/c1-12(13-4-2-5-15(10-13)22(25)26)27-19(24)14-7-8-16(20)17(11-14)21-9-3-6-18(21)23/h2,4-5,7-8,10-12H,3,6,9H2,1H3/t12-/m1/s1. The van der Waals surface area contributed by atoms with E-state index in [1.807, 2.05) is 0 Å². The van der Waals surface area contributed by atoms with Crippen molar-refractivity contribution in [2.75, 3.05) is 11.4 Å². The lowest BCUT2D eigenvalue weighted by molar-refractivity contribution is -0.385. The van der Waals surface area contributed by atoms with Gasteiger partial charge in [0.1, 0.15) is 6.10 Å². The van der Waals surface area contributed by atoms with Gasteiger partial charge in [-0.05, 0) is 37.1 Å². The van der Waals surface area contributed by atoms with Gasteiger partial charge in [-0.25, -0.2) is 4.79 Å². The van der Waals surface area contributed by atoms with Gasteiger partial charge >= 0.3 is 5.97 Å². The van der Waals surface area contributed by atoms with Gasteiger partial charge in [-0.2, -0.15) is 0 Å². The molecule has 27 heavy (non-hydrogen) atoms. The Balaban J connectivity index is 1.79. The highest BCUT2D eigenvalue weighted by atomic mass is 35.5. The van der Waals surface area contributed by atoms with E-state index >= 15 is 0 Å². The van der Waals surface area contributed by atoms with E-state index in [0.29, 0.717) is 29.2 Å². The number of nitro benzene ring substituents is 1. The molecule has 1 aliphatic heterocycles. The Hall–Kier alpha value is -2.93. The van der Waals surface area contributed by atoms with E-state index in [-0.39, 0.29) is 17.2 Å². The lowest BCUT2D eigenvalue weighted by atomic mass is 10.1. The lowest BCUT2D eigenvalue weighted by Gasteiger charge is -2.19. The third kappa shape index (κ3) is 4.09. The summed E-state index contributed by atoms with van der Waals surface area (Å²) in [5, 5.41) is 11.3. The maximum Gasteiger partial charge on any atom is 0.338 e. The van der Waals surface area contributed by atoms with Crippen LogP contribution in [0.2, 0.25) is 5.02 Å². The molecule has 1 fully saturated rings. The molecule has 0 bridgehead atoms. The van der Waals surface area contributed by atoms with E-state index in [9.17, 15) is 19.7 Å². The molecule has 2 aromatic rings.